The third kappa shape index (κ3) is 25.0. The Labute approximate surface area is 269 Å². The van der Waals surface area contributed by atoms with E-state index in [1.165, 1.54) is 89.9 Å². The molecule has 0 saturated carbocycles. The Kier molecular flexibility index (Phi) is 28.4. The minimum Gasteiger partial charge on any atom is -0.436 e. The summed E-state index contributed by atoms with van der Waals surface area (Å²) in [6, 6.07) is 0. The highest BCUT2D eigenvalue weighted by molar-refractivity contribution is 7.87. The van der Waals surface area contributed by atoms with E-state index in [1.807, 2.05) is 0 Å². The first-order valence-electron chi connectivity index (χ1n) is 17.8. The van der Waals surface area contributed by atoms with Crippen molar-refractivity contribution in [3.63, 3.8) is 0 Å². The van der Waals surface area contributed by atoms with Gasteiger partial charge in [-0.05, 0) is 12.8 Å². The van der Waals surface area contributed by atoms with Gasteiger partial charge in [-0.2, -0.15) is 8.42 Å². The highest BCUT2D eigenvalue weighted by atomic mass is 32.2. The SMILES string of the molecule is CCCCCCCCCCCCOC(CC)OC(=O)CC(C(=O)OC(CC)OCCCCCCCCCCCC)S(=O)(=O)O. The summed E-state index contributed by atoms with van der Waals surface area (Å²) in [6.07, 6.45) is 21.7. The van der Waals surface area contributed by atoms with Gasteiger partial charge in [0.05, 0.1) is 19.6 Å². The third-order valence-corrected chi connectivity index (χ3v) is 8.83. The van der Waals surface area contributed by atoms with Gasteiger partial charge in [0.25, 0.3) is 10.1 Å². The number of hydrogen-bond acceptors (Lipinski definition) is 8. The van der Waals surface area contributed by atoms with Crippen molar-refractivity contribution in [1.82, 2.24) is 0 Å². The maximum atomic E-state index is 12.7. The molecule has 3 atom stereocenters. The molecule has 0 aliphatic heterocycles. The molecule has 0 radical (unpaired) electrons. The number of carbonyl (C=O) groups excluding carboxylic acids is 2. The lowest BCUT2D eigenvalue weighted by molar-refractivity contribution is -0.186. The van der Waals surface area contributed by atoms with E-state index in [0.717, 1.165) is 38.5 Å². The molecule has 0 aromatic heterocycles. The van der Waals surface area contributed by atoms with Crippen LogP contribution in [0.4, 0.5) is 0 Å². The molecule has 0 bridgehead atoms. The first kappa shape index (κ1) is 42.8. The summed E-state index contributed by atoms with van der Waals surface area (Å²) < 4.78 is 55.3. The molecule has 0 spiro atoms. The lowest BCUT2D eigenvalue weighted by Crippen LogP contribution is -2.38. The Hall–Kier alpha value is -1.23. The first-order valence-corrected chi connectivity index (χ1v) is 19.3. The molecule has 10 heteroatoms. The smallest absolute Gasteiger partial charge is 0.329 e. The van der Waals surface area contributed by atoms with Crippen LogP contribution < -0.4 is 0 Å². The first-order chi connectivity index (χ1) is 21.2. The van der Waals surface area contributed by atoms with Crippen molar-refractivity contribution in [2.75, 3.05) is 13.2 Å². The Morgan fingerprint density at radius 3 is 1.23 bits per heavy atom. The van der Waals surface area contributed by atoms with Crippen LogP contribution in [0.1, 0.15) is 175 Å². The topological polar surface area (TPSA) is 125 Å². The van der Waals surface area contributed by atoms with E-state index in [-0.39, 0.29) is 0 Å². The summed E-state index contributed by atoms with van der Waals surface area (Å²) >= 11 is 0. The second kappa shape index (κ2) is 29.2. The Balaban J connectivity index is 4.36. The number of esters is 2. The lowest BCUT2D eigenvalue weighted by atomic mass is 10.1. The zero-order valence-electron chi connectivity index (χ0n) is 28.5. The highest BCUT2D eigenvalue weighted by Crippen LogP contribution is 2.16. The maximum Gasteiger partial charge on any atom is 0.329 e. The summed E-state index contributed by atoms with van der Waals surface area (Å²) in [6.45, 7) is 8.75. The minimum absolute atomic E-state index is 0.302. The standard InChI is InChI=1S/C34H66O9S/c1-5-9-11-13-15-17-19-21-23-25-27-40-32(7-3)42-31(35)29-30(44(37,38)39)34(36)43-33(8-4)41-28-26-24-22-20-18-16-14-12-10-6-2/h30,32-33H,5-29H2,1-4H3,(H,37,38,39). The van der Waals surface area contributed by atoms with Crippen molar-refractivity contribution >= 4 is 22.1 Å². The Bertz CT molecular complexity index is 788. The highest BCUT2D eigenvalue weighted by Gasteiger charge is 2.37. The number of unbranched alkanes of at least 4 members (excludes halogenated alkanes) is 18. The van der Waals surface area contributed by atoms with E-state index in [1.54, 1.807) is 13.8 Å². The molecular formula is C34H66O9S. The van der Waals surface area contributed by atoms with Crippen LogP contribution in [-0.2, 0) is 38.7 Å². The molecule has 262 valence electrons. The largest absolute Gasteiger partial charge is 0.436 e. The van der Waals surface area contributed by atoms with Crippen molar-refractivity contribution in [3.05, 3.63) is 0 Å². The molecule has 1 N–H and O–H groups in total. The number of ether oxygens (including phenoxy) is 4. The van der Waals surface area contributed by atoms with Gasteiger partial charge in [-0.15, -0.1) is 0 Å². The van der Waals surface area contributed by atoms with Gasteiger partial charge in [0.2, 0.25) is 12.6 Å². The molecule has 9 nitrogen and oxygen atoms in total. The molecule has 0 aromatic carbocycles. The predicted octanol–water partition coefficient (Wildman–Crippen LogP) is 9.07. The number of rotatable bonds is 32. The molecule has 0 amide bonds. The third-order valence-electron chi connectivity index (χ3n) is 7.75. The van der Waals surface area contributed by atoms with Crippen LogP contribution in [0.5, 0.6) is 0 Å². The lowest BCUT2D eigenvalue weighted by Gasteiger charge is -2.21. The van der Waals surface area contributed by atoms with E-state index in [4.69, 9.17) is 18.9 Å². The van der Waals surface area contributed by atoms with Crippen LogP contribution in [0, 0.1) is 0 Å². The molecular weight excluding hydrogens is 584 g/mol. The van der Waals surface area contributed by atoms with E-state index in [2.05, 4.69) is 13.8 Å². The summed E-state index contributed by atoms with van der Waals surface area (Å²) in [7, 11) is -4.91. The Morgan fingerprint density at radius 2 is 0.886 bits per heavy atom. The van der Waals surface area contributed by atoms with Crippen LogP contribution in [0.25, 0.3) is 0 Å². The van der Waals surface area contributed by atoms with E-state index >= 15 is 0 Å². The summed E-state index contributed by atoms with van der Waals surface area (Å²) in [5, 5.41) is -2.09. The number of carbonyl (C=O) groups is 2. The molecule has 0 saturated heterocycles. The van der Waals surface area contributed by atoms with Crippen molar-refractivity contribution in [1.29, 1.82) is 0 Å². The predicted molar refractivity (Wildman–Crippen MR) is 176 cm³/mol. The van der Waals surface area contributed by atoms with Crippen LogP contribution in [0.15, 0.2) is 0 Å². The summed E-state index contributed by atoms with van der Waals surface area (Å²) in [5.41, 5.74) is 0. The Morgan fingerprint density at radius 1 is 0.545 bits per heavy atom. The number of hydrogen-bond donors (Lipinski definition) is 1. The van der Waals surface area contributed by atoms with Crippen LogP contribution in [0.2, 0.25) is 0 Å². The van der Waals surface area contributed by atoms with Gasteiger partial charge < -0.3 is 18.9 Å². The monoisotopic (exact) mass is 650 g/mol. The minimum atomic E-state index is -4.91. The van der Waals surface area contributed by atoms with Crippen molar-refractivity contribution in [2.24, 2.45) is 0 Å². The quantitative estimate of drug-likeness (QED) is 0.0328. The fourth-order valence-corrected chi connectivity index (χ4v) is 5.59. The van der Waals surface area contributed by atoms with Crippen LogP contribution >= 0.6 is 0 Å². The van der Waals surface area contributed by atoms with E-state index < -0.39 is 46.3 Å². The molecule has 0 aliphatic carbocycles. The fourth-order valence-electron chi connectivity index (χ4n) is 4.94. The van der Waals surface area contributed by atoms with Crippen molar-refractivity contribution in [2.45, 2.75) is 193 Å². The van der Waals surface area contributed by atoms with Gasteiger partial charge in [0.15, 0.2) is 5.25 Å². The van der Waals surface area contributed by atoms with E-state index in [9.17, 15) is 22.6 Å². The second-order valence-electron chi connectivity index (χ2n) is 11.9. The molecule has 0 heterocycles. The molecule has 44 heavy (non-hydrogen) atoms. The molecule has 0 aromatic rings. The van der Waals surface area contributed by atoms with Crippen LogP contribution in [0.3, 0.4) is 0 Å². The van der Waals surface area contributed by atoms with E-state index in [0.29, 0.717) is 26.1 Å². The maximum absolute atomic E-state index is 12.7. The molecule has 0 fully saturated rings. The van der Waals surface area contributed by atoms with Gasteiger partial charge in [0, 0.05) is 12.8 Å². The summed E-state index contributed by atoms with van der Waals surface area (Å²) in [5.74, 6) is -2.20. The molecule has 3 unspecified atom stereocenters. The average molecular weight is 651 g/mol. The van der Waals surface area contributed by atoms with Gasteiger partial charge in [-0.1, -0.05) is 143 Å². The van der Waals surface area contributed by atoms with Gasteiger partial charge >= 0.3 is 11.9 Å². The van der Waals surface area contributed by atoms with Crippen molar-refractivity contribution in [3.8, 4) is 0 Å². The molecule has 0 rings (SSSR count). The second-order valence-corrected chi connectivity index (χ2v) is 13.5. The van der Waals surface area contributed by atoms with Gasteiger partial charge in [0.1, 0.15) is 0 Å². The summed E-state index contributed by atoms with van der Waals surface area (Å²) in [4.78, 5) is 25.2. The zero-order valence-corrected chi connectivity index (χ0v) is 29.3. The van der Waals surface area contributed by atoms with Crippen molar-refractivity contribution < 1.29 is 41.5 Å². The molecule has 0 aliphatic rings. The van der Waals surface area contributed by atoms with Gasteiger partial charge in [-0.25, -0.2) is 0 Å². The normalized spacial score (nSPS) is 13.8. The fraction of sp³-hybridized carbons (Fsp3) is 0.941. The van der Waals surface area contributed by atoms with Gasteiger partial charge in [-0.3, -0.25) is 14.1 Å². The average Bonchev–Trinajstić information content (AvgIpc) is 2.99. The van der Waals surface area contributed by atoms with Crippen LogP contribution in [-0.4, -0.2) is 56.0 Å². The zero-order chi connectivity index (χ0) is 32.9.